The molecule has 21 heavy (non-hydrogen) atoms. The minimum atomic E-state index is -0.149. The highest BCUT2D eigenvalue weighted by atomic mass is 127. The van der Waals surface area contributed by atoms with Crippen molar-refractivity contribution in [1.82, 2.24) is 9.80 Å². The van der Waals surface area contributed by atoms with Crippen LogP contribution in [0.1, 0.15) is 12.5 Å². The molecule has 7 heteroatoms. The second-order valence-electron chi connectivity index (χ2n) is 4.52. The topological polar surface area (TPSA) is 53.0 Å². The summed E-state index contributed by atoms with van der Waals surface area (Å²) in [5, 5.41) is 10.4. The summed E-state index contributed by atoms with van der Waals surface area (Å²) in [6.45, 7) is 2.30. The van der Waals surface area contributed by atoms with Crippen LogP contribution >= 0.6 is 34.8 Å². The van der Waals surface area contributed by atoms with Crippen LogP contribution in [0.15, 0.2) is 17.8 Å². The molecule has 0 atom stereocenters. The number of nitrogens with zero attached hydrogens (tertiary/aromatic N) is 2. The lowest BCUT2D eigenvalue weighted by atomic mass is 10.1. The Labute approximate surface area is 142 Å². The molecule has 2 rings (SSSR count). The molecule has 0 saturated carbocycles. The average Bonchev–Trinajstić information content (AvgIpc) is 2.62. The number of thiocarbonyl (C=S) groups is 1. The molecule has 1 aliphatic heterocycles. The Morgan fingerprint density at radius 2 is 2.05 bits per heavy atom. The molecule has 0 unspecified atom stereocenters. The SMILES string of the molecule is CCOc1cc(/C=C2/C(=O)N(C)C(=S)N2C)cc(I)c1O. The zero-order chi connectivity index (χ0) is 15.7. The molecule has 0 spiro atoms. The summed E-state index contributed by atoms with van der Waals surface area (Å²) in [5.74, 6) is 0.363. The molecule has 1 aliphatic rings. The van der Waals surface area contributed by atoms with Crippen LogP contribution in [0.2, 0.25) is 0 Å². The van der Waals surface area contributed by atoms with Crippen molar-refractivity contribution in [2.24, 2.45) is 0 Å². The van der Waals surface area contributed by atoms with Crippen LogP contribution in [0.4, 0.5) is 0 Å². The van der Waals surface area contributed by atoms with E-state index in [1.54, 1.807) is 37.2 Å². The molecule has 1 heterocycles. The third-order valence-electron chi connectivity index (χ3n) is 3.11. The van der Waals surface area contributed by atoms with E-state index in [2.05, 4.69) is 0 Å². The highest BCUT2D eigenvalue weighted by molar-refractivity contribution is 14.1. The van der Waals surface area contributed by atoms with Gasteiger partial charge < -0.3 is 14.7 Å². The maximum atomic E-state index is 12.1. The molecular formula is C14H15IN2O3S. The summed E-state index contributed by atoms with van der Waals surface area (Å²) >= 11 is 7.20. The smallest absolute Gasteiger partial charge is 0.276 e. The predicted molar refractivity (Wildman–Crippen MR) is 93.1 cm³/mol. The van der Waals surface area contributed by atoms with E-state index in [4.69, 9.17) is 17.0 Å². The Morgan fingerprint density at radius 3 is 2.57 bits per heavy atom. The van der Waals surface area contributed by atoms with Crippen LogP contribution in [0.5, 0.6) is 11.5 Å². The van der Waals surface area contributed by atoms with E-state index in [9.17, 15) is 9.90 Å². The van der Waals surface area contributed by atoms with E-state index in [0.29, 0.717) is 26.7 Å². The lowest BCUT2D eigenvalue weighted by Gasteiger charge is -2.12. The van der Waals surface area contributed by atoms with Crippen molar-refractivity contribution >= 4 is 51.9 Å². The molecular weight excluding hydrogens is 403 g/mol. The summed E-state index contributed by atoms with van der Waals surface area (Å²) < 4.78 is 6.06. The number of hydrogen-bond donors (Lipinski definition) is 1. The number of amides is 1. The summed E-state index contributed by atoms with van der Waals surface area (Å²) in [5.41, 5.74) is 1.26. The molecule has 0 aliphatic carbocycles. The Balaban J connectivity index is 2.46. The van der Waals surface area contributed by atoms with Gasteiger partial charge in [-0.05, 0) is 65.5 Å². The van der Waals surface area contributed by atoms with Gasteiger partial charge in [0.25, 0.3) is 5.91 Å². The molecule has 5 nitrogen and oxygen atoms in total. The number of phenols is 1. The van der Waals surface area contributed by atoms with Crippen molar-refractivity contribution in [3.63, 3.8) is 0 Å². The monoisotopic (exact) mass is 418 g/mol. The maximum Gasteiger partial charge on any atom is 0.276 e. The van der Waals surface area contributed by atoms with Crippen molar-refractivity contribution in [1.29, 1.82) is 0 Å². The first-order chi connectivity index (χ1) is 9.86. The number of carbonyl (C=O) groups is 1. The lowest BCUT2D eigenvalue weighted by Crippen LogP contribution is -2.26. The van der Waals surface area contributed by atoms with Crippen molar-refractivity contribution in [3.8, 4) is 11.5 Å². The zero-order valence-corrected chi connectivity index (χ0v) is 14.9. The van der Waals surface area contributed by atoms with Gasteiger partial charge in [-0.1, -0.05) is 0 Å². The summed E-state index contributed by atoms with van der Waals surface area (Å²) in [6, 6.07) is 3.49. The van der Waals surface area contributed by atoms with Crippen LogP contribution in [-0.4, -0.2) is 46.6 Å². The standard InChI is InChI=1S/C14H15IN2O3S/c1-4-20-11-7-8(5-9(15)12(11)18)6-10-13(19)17(3)14(21)16(10)2/h5-7,18H,4H2,1-3H3/b10-6-. The van der Waals surface area contributed by atoms with E-state index in [0.717, 1.165) is 5.56 Å². The Bertz CT molecular complexity index is 645. The summed E-state index contributed by atoms with van der Waals surface area (Å²) in [7, 11) is 3.40. The van der Waals surface area contributed by atoms with Gasteiger partial charge in [0.1, 0.15) is 5.70 Å². The highest BCUT2D eigenvalue weighted by Gasteiger charge is 2.32. The molecule has 112 valence electrons. The summed E-state index contributed by atoms with van der Waals surface area (Å²) in [4.78, 5) is 15.2. The number of benzene rings is 1. The van der Waals surface area contributed by atoms with Crippen LogP contribution in [-0.2, 0) is 4.79 Å². The van der Waals surface area contributed by atoms with Crippen LogP contribution in [0.25, 0.3) is 6.08 Å². The van der Waals surface area contributed by atoms with Crippen LogP contribution in [0, 0.1) is 3.57 Å². The molecule has 1 saturated heterocycles. The number of hydrogen-bond acceptors (Lipinski definition) is 4. The Hall–Kier alpha value is -1.35. The number of carbonyl (C=O) groups excluding carboxylic acids is 1. The van der Waals surface area contributed by atoms with Gasteiger partial charge >= 0.3 is 0 Å². The molecule has 0 radical (unpaired) electrons. The minimum absolute atomic E-state index is 0.110. The largest absolute Gasteiger partial charge is 0.504 e. The van der Waals surface area contributed by atoms with Crippen molar-refractivity contribution in [2.45, 2.75) is 6.92 Å². The van der Waals surface area contributed by atoms with Crippen LogP contribution in [0.3, 0.4) is 0 Å². The van der Waals surface area contributed by atoms with E-state index in [1.165, 1.54) is 4.90 Å². The highest BCUT2D eigenvalue weighted by Crippen LogP contribution is 2.34. The molecule has 0 aromatic heterocycles. The predicted octanol–water partition coefficient (Wildman–Crippen LogP) is 2.43. The normalized spacial score (nSPS) is 17.0. The van der Waals surface area contributed by atoms with E-state index >= 15 is 0 Å². The maximum absolute atomic E-state index is 12.1. The van der Waals surface area contributed by atoms with Gasteiger partial charge in [-0.3, -0.25) is 9.69 Å². The molecule has 1 N–H and O–H groups in total. The second kappa shape index (κ2) is 6.18. The second-order valence-corrected chi connectivity index (χ2v) is 6.05. The first-order valence-corrected chi connectivity index (χ1v) is 7.78. The Morgan fingerprint density at radius 1 is 1.38 bits per heavy atom. The number of rotatable bonds is 3. The third kappa shape index (κ3) is 2.98. The lowest BCUT2D eigenvalue weighted by molar-refractivity contribution is -0.121. The number of halogens is 1. The Kier molecular flexibility index (Phi) is 4.72. The van der Waals surface area contributed by atoms with Gasteiger partial charge in [0, 0.05) is 14.1 Å². The van der Waals surface area contributed by atoms with E-state index in [1.807, 2.05) is 29.5 Å². The van der Waals surface area contributed by atoms with Crippen LogP contribution < -0.4 is 4.74 Å². The molecule has 0 bridgehead atoms. The zero-order valence-electron chi connectivity index (χ0n) is 11.9. The number of aromatic hydroxyl groups is 1. The van der Waals surface area contributed by atoms with Gasteiger partial charge in [0.05, 0.1) is 10.2 Å². The van der Waals surface area contributed by atoms with E-state index in [-0.39, 0.29) is 11.7 Å². The van der Waals surface area contributed by atoms with Gasteiger partial charge in [-0.2, -0.15) is 0 Å². The number of phenolic OH excluding ortho intramolecular Hbond substituents is 1. The van der Waals surface area contributed by atoms with Gasteiger partial charge in [-0.15, -0.1) is 0 Å². The quantitative estimate of drug-likeness (QED) is 0.465. The number of ether oxygens (including phenoxy) is 1. The van der Waals surface area contributed by atoms with Crippen molar-refractivity contribution < 1.29 is 14.6 Å². The van der Waals surface area contributed by atoms with Gasteiger partial charge in [0.15, 0.2) is 16.6 Å². The fourth-order valence-corrected chi connectivity index (χ4v) is 2.80. The number of likely N-dealkylation sites (N-methyl/N-ethyl adjacent to an activating group) is 2. The average molecular weight is 418 g/mol. The first kappa shape index (κ1) is 16.0. The third-order valence-corrected chi connectivity index (χ3v) is 4.48. The van der Waals surface area contributed by atoms with Gasteiger partial charge in [-0.25, -0.2) is 0 Å². The van der Waals surface area contributed by atoms with E-state index < -0.39 is 0 Å². The van der Waals surface area contributed by atoms with Gasteiger partial charge in [0.2, 0.25) is 0 Å². The fraction of sp³-hybridized carbons (Fsp3) is 0.286. The minimum Gasteiger partial charge on any atom is -0.504 e. The fourth-order valence-electron chi connectivity index (χ4n) is 1.99. The molecule has 1 aromatic rings. The van der Waals surface area contributed by atoms with Crippen molar-refractivity contribution in [3.05, 3.63) is 27.0 Å². The molecule has 1 amide bonds. The molecule has 1 fully saturated rings. The summed E-state index contributed by atoms with van der Waals surface area (Å²) in [6.07, 6.45) is 1.74. The molecule has 1 aromatic carbocycles. The first-order valence-electron chi connectivity index (χ1n) is 6.29. The van der Waals surface area contributed by atoms with Crippen molar-refractivity contribution in [2.75, 3.05) is 20.7 Å².